The summed E-state index contributed by atoms with van der Waals surface area (Å²) in [6.45, 7) is 0. The van der Waals surface area contributed by atoms with Crippen molar-refractivity contribution in [2.45, 2.75) is 12.5 Å². The van der Waals surface area contributed by atoms with E-state index in [0.29, 0.717) is 0 Å². The number of hydrogen-bond acceptors (Lipinski definition) is 1. The molecule has 0 amide bonds. The lowest BCUT2D eigenvalue weighted by Gasteiger charge is -2.09. The van der Waals surface area contributed by atoms with Gasteiger partial charge in [0, 0.05) is 12.1 Å². The minimum Gasteiger partial charge on any atom is -0.376 e. The van der Waals surface area contributed by atoms with E-state index in [2.05, 4.69) is 6.08 Å². The van der Waals surface area contributed by atoms with Gasteiger partial charge in [0.25, 0.3) is 0 Å². The molecule has 0 saturated carbocycles. The van der Waals surface area contributed by atoms with Crippen molar-refractivity contribution in [2.75, 3.05) is 7.11 Å². The lowest BCUT2D eigenvalue weighted by molar-refractivity contribution is 0.137. The number of halogens is 1. The normalized spacial score (nSPS) is 26.0. The molecule has 0 spiro atoms. The van der Waals surface area contributed by atoms with E-state index in [1.807, 2.05) is 6.08 Å². The fraction of sp³-hybridized carbons (Fsp3) is 0.429. The SMILES string of the molecule is COC1[C]=CC(Cl)=CC1. The summed E-state index contributed by atoms with van der Waals surface area (Å²) in [6, 6.07) is 0. The van der Waals surface area contributed by atoms with E-state index >= 15 is 0 Å². The zero-order chi connectivity index (χ0) is 6.69. The topological polar surface area (TPSA) is 9.23 Å². The van der Waals surface area contributed by atoms with Crippen molar-refractivity contribution < 1.29 is 4.74 Å². The molecule has 0 heterocycles. The predicted molar refractivity (Wildman–Crippen MR) is 37.2 cm³/mol. The van der Waals surface area contributed by atoms with Gasteiger partial charge in [-0.05, 0) is 18.6 Å². The Labute approximate surface area is 60.0 Å². The molecule has 1 aliphatic carbocycles. The average molecular weight is 144 g/mol. The Bertz CT molecular complexity index is 149. The van der Waals surface area contributed by atoms with Crippen LogP contribution in [0.2, 0.25) is 0 Å². The van der Waals surface area contributed by atoms with Gasteiger partial charge >= 0.3 is 0 Å². The highest BCUT2D eigenvalue weighted by molar-refractivity contribution is 6.31. The zero-order valence-electron chi connectivity index (χ0n) is 5.23. The number of allylic oxidation sites excluding steroid dienone is 2. The number of hydrogen-bond donors (Lipinski definition) is 0. The second-order valence-electron chi connectivity index (χ2n) is 1.86. The molecule has 1 unspecified atom stereocenters. The van der Waals surface area contributed by atoms with Gasteiger partial charge in [-0.25, -0.2) is 0 Å². The third-order valence-corrected chi connectivity index (χ3v) is 1.48. The van der Waals surface area contributed by atoms with Crippen molar-refractivity contribution in [3.05, 3.63) is 23.3 Å². The van der Waals surface area contributed by atoms with Crippen molar-refractivity contribution in [1.82, 2.24) is 0 Å². The van der Waals surface area contributed by atoms with Crippen molar-refractivity contribution in [3.63, 3.8) is 0 Å². The molecule has 1 aliphatic rings. The molecule has 2 heteroatoms. The summed E-state index contributed by atoms with van der Waals surface area (Å²) in [4.78, 5) is 0. The van der Waals surface area contributed by atoms with E-state index < -0.39 is 0 Å². The summed E-state index contributed by atoms with van der Waals surface area (Å²) in [5, 5.41) is 0.753. The molecule has 9 heavy (non-hydrogen) atoms. The van der Waals surface area contributed by atoms with Crippen LogP contribution in [0.1, 0.15) is 6.42 Å². The van der Waals surface area contributed by atoms with Crippen LogP contribution < -0.4 is 0 Å². The number of rotatable bonds is 1. The largest absolute Gasteiger partial charge is 0.376 e. The molecule has 1 atom stereocenters. The Hall–Kier alpha value is -0.270. The molecular formula is C7H8ClO. The second kappa shape index (κ2) is 3.04. The maximum atomic E-state index is 5.63. The quantitative estimate of drug-likeness (QED) is 0.545. The summed E-state index contributed by atoms with van der Waals surface area (Å²) in [5.41, 5.74) is 0. The van der Waals surface area contributed by atoms with Crippen LogP contribution in [0.3, 0.4) is 0 Å². The third-order valence-electron chi connectivity index (χ3n) is 1.22. The van der Waals surface area contributed by atoms with Crippen molar-refractivity contribution in [1.29, 1.82) is 0 Å². The maximum Gasteiger partial charge on any atom is 0.0860 e. The van der Waals surface area contributed by atoms with E-state index in [0.717, 1.165) is 11.5 Å². The summed E-state index contributed by atoms with van der Waals surface area (Å²) in [7, 11) is 1.67. The van der Waals surface area contributed by atoms with Crippen molar-refractivity contribution in [2.24, 2.45) is 0 Å². The third kappa shape index (κ3) is 1.84. The first-order chi connectivity index (χ1) is 4.33. The van der Waals surface area contributed by atoms with E-state index in [9.17, 15) is 0 Å². The van der Waals surface area contributed by atoms with Crippen LogP contribution in [-0.2, 0) is 4.74 Å². The molecule has 0 saturated heterocycles. The molecule has 0 bridgehead atoms. The summed E-state index contributed by atoms with van der Waals surface area (Å²) < 4.78 is 4.99. The second-order valence-corrected chi connectivity index (χ2v) is 2.30. The Morgan fingerprint density at radius 2 is 2.67 bits per heavy atom. The molecule has 49 valence electrons. The standard InChI is InChI=1S/C7H8ClO/c1-9-7-4-2-6(8)3-5-7/h2-3,7H,4H2,1H3. The van der Waals surface area contributed by atoms with Gasteiger partial charge in [0.1, 0.15) is 0 Å². The van der Waals surface area contributed by atoms with Gasteiger partial charge in [-0.2, -0.15) is 0 Å². The average Bonchev–Trinajstić information content (AvgIpc) is 1.90. The summed E-state index contributed by atoms with van der Waals surface area (Å²) in [6.07, 6.45) is 7.57. The van der Waals surface area contributed by atoms with E-state index in [-0.39, 0.29) is 6.10 Å². The van der Waals surface area contributed by atoms with Crippen LogP contribution >= 0.6 is 11.6 Å². The predicted octanol–water partition coefficient (Wildman–Crippen LogP) is 1.89. The highest BCUT2D eigenvalue weighted by Gasteiger charge is 2.04. The van der Waals surface area contributed by atoms with Crippen molar-refractivity contribution >= 4 is 11.6 Å². The van der Waals surface area contributed by atoms with Gasteiger partial charge in [-0.15, -0.1) is 0 Å². The Balaban J connectivity index is 2.48. The maximum absolute atomic E-state index is 5.63. The molecule has 0 aromatic heterocycles. The summed E-state index contributed by atoms with van der Waals surface area (Å²) in [5.74, 6) is 0. The van der Waals surface area contributed by atoms with Gasteiger partial charge in [0.2, 0.25) is 0 Å². The van der Waals surface area contributed by atoms with Crippen LogP contribution in [0, 0.1) is 6.08 Å². The molecule has 0 aromatic carbocycles. The summed E-state index contributed by atoms with van der Waals surface area (Å²) >= 11 is 5.63. The molecule has 1 nitrogen and oxygen atoms in total. The van der Waals surface area contributed by atoms with Crippen LogP contribution in [0.15, 0.2) is 17.2 Å². The first-order valence-electron chi connectivity index (χ1n) is 2.80. The number of ether oxygens (including phenoxy) is 1. The highest BCUT2D eigenvalue weighted by atomic mass is 35.5. The van der Waals surface area contributed by atoms with Crippen LogP contribution in [0.5, 0.6) is 0 Å². The van der Waals surface area contributed by atoms with Crippen molar-refractivity contribution in [3.8, 4) is 0 Å². The Morgan fingerprint density at radius 1 is 1.89 bits per heavy atom. The molecule has 0 aliphatic heterocycles. The fourth-order valence-corrected chi connectivity index (χ4v) is 0.835. The van der Waals surface area contributed by atoms with Gasteiger partial charge < -0.3 is 4.74 Å². The Morgan fingerprint density at radius 3 is 3.11 bits per heavy atom. The molecule has 0 aromatic rings. The minimum absolute atomic E-state index is 0.104. The lowest BCUT2D eigenvalue weighted by atomic mass is 10.1. The molecule has 1 radical (unpaired) electrons. The molecule has 0 N–H and O–H groups in total. The number of methoxy groups -OCH3 is 1. The van der Waals surface area contributed by atoms with E-state index in [1.54, 1.807) is 13.2 Å². The van der Waals surface area contributed by atoms with E-state index in [4.69, 9.17) is 16.3 Å². The van der Waals surface area contributed by atoms with Crippen LogP contribution in [0.25, 0.3) is 0 Å². The zero-order valence-corrected chi connectivity index (χ0v) is 5.98. The molecule has 0 fully saturated rings. The Kier molecular flexibility index (Phi) is 2.31. The first kappa shape index (κ1) is 6.84. The van der Waals surface area contributed by atoms with Gasteiger partial charge in [0.15, 0.2) is 0 Å². The smallest absolute Gasteiger partial charge is 0.0860 e. The highest BCUT2D eigenvalue weighted by Crippen LogP contribution is 2.13. The van der Waals surface area contributed by atoms with Gasteiger partial charge in [0.05, 0.1) is 6.10 Å². The lowest BCUT2D eigenvalue weighted by Crippen LogP contribution is -2.07. The fourth-order valence-electron chi connectivity index (χ4n) is 0.683. The monoisotopic (exact) mass is 143 g/mol. The van der Waals surface area contributed by atoms with Crippen LogP contribution in [0.4, 0.5) is 0 Å². The van der Waals surface area contributed by atoms with E-state index in [1.165, 1.54) is 0 Å². The molecular weight excluding hydrogens is 136 g/mol. The van der Waals surface area contributed by atoms with Gasteiger partial charge in [-0.1, -0.05) is 17.7 Å². The van der Waals surface area contributed by atoms with Gasteiger partial charge in [-0.3, -0.25) is 0 Å². The molecule has 1 rings (SSSR count). The van der Waals surface area contributed by atoms with Crippen LogP contribution in [-0.4, -0.2) is 13.2 Å². The minimum atomic E-state index is 0.104. The first-order valence-corrected chi connectivity index (χ1v) is 3.18.